The van der Waals surface area contributed by atoms with Crippen molar-refractivity contribution in [2.45, 2.75) is 0 Å². The van der Waals surface area contributed by atoms with Crippen molar-refractivity contribution < 1.29 is 19.1 Å². The molecule has 0 heterocycles. The third-order valence-electron chi connectivity index (χ3n) is 3.24. The number of halogens is 1. The Morgan fingerprint density at radius 3 is 2.28 bits per heavy atom. The number of nitrogens with one attached hydrogen (secondary N) is 2. The molecule has 2 aromatic rings. The fraction of sp³-hybridized carbons (Fsp3) is 0.111. The Bertz CT molecular complexity index is 788. The summed E-state index contributed by atoms with van der Waals surface area (Å²) in [7, 11) is 3.08. The van der Waals surface area contributed by atoms with E-state index in [0.717, 1.165) is 5.56 Å². The molecule has 0 atom stereocenters. The summed E-state index contributed by atoms with van der Waals surface area (Å²) in [6.07, 6.45) is 2.88. The number of hydrazine groups is 1. The summed E-state index contributed by atoms with van der Waals surface area (Å²) in [6.45, 7) is 0. The Morgan fingerprint density at radius 2 is 1.64 bits per heavy atom. The van der Waals surface area contributed by atoms with E-state index in [9.17, 15) is 9.59 Å². The SMILES string of the molecule is COc1ccc(C=CC(=O)NNC(=O)c2ccc(Cl)cc2)cc1OC. The van der Waals surface area contributed by atoms with Gasteiger partial charge in [0.2, 0.25) is 0 Å². The first-order chi connectivity index (χ1) is 12.0. The molecular formula is C18H17ClN2O4. The van der Waals surface area contributed by atoms with E-state index in [-0.39, 0.29) is 0 Å². The zero-order valence-electron chi connectivity index (χ0n) is 13.7. The van der Waals surface area contributed by atoms with Gasteiger partial charge in [-0.25, -0.2) is 0 Å². The van der Waals surface area contributed by atoms with E-state index in [0.29, 0.717) is 22.1 Å². The molecule has 0 aliphatic carbocycles. The van der Waals surface area contributed by atoms with Crippen molar-refractivity contribution in [1.29, 1.82) is 0 Å². The Kier molecular flexibility index (Phi) is 6.42. The molecule has 0 saturated heterocycles. The highest BCUT2D eigenvalue weighted by atomic mass is 35.5. The Balaban J connectivity index is 1.92. The zero-order chi connectivity index (χ0) is 18.2. The number of ether oxygens (including phenoxy) is 2. The zero-order valence-corrected chi connectivity index (χ0v) is 14.5. The molecule has 0 fully saturated rings. The normalized spacial score (nSPS) is 10.4. The summed E-state index contributed by atoms with van der Waals surface area (Å²) < 4.78 is 10.3. The maximum Gasteiger partial charge on any atom is 0.269 e. The first-order valence-corrected chi connectivity index (χ1v) is 7.67. The standard InChI is InChI=1S/C18H17ClN2O4/c1-24-15-9-3-12(11-16(15)25-2)4-10-17(22)20-21-18(23)13-5-7-14(19)8-6-13/h3-11H,1-2H3,(H,20,22)(H,21,23). The van der Waals surface area contributed by atoms with Crippen molar-refractivity contribution in [3.05, 3.63) is 64.7 Å². The highest BCUT2D eigenvalue weighted by Crippen LogP contribution is 2.27. The first-order valence-electron chi connectivity index (χ1n) is 7.29. The lowest BCUT2D eigenvalue weighted by Crippen LogP contribution is -2.40. The van der Waals surface area contributed by atoms with Gasteiger partial charge in [-0.2, -0.15) is 0 Å². The molecule has 2 N–H and O–H groups in total. The maximum atomic E-state index is 11.9. The molecule has 130 valence electrons. The lowest BCUT2D eigenvalue weighted by Gasteiger charge is -2.08. The fourth-order valence-electron chi connectivity index (χ4n) is 1.96. The van der Waals surface area contributed by atoms with Gasteiger partial charge in [0.15, 0.2) is 11.5 Å². The largest absolute Gasteiger partial charge is 0.493 e. The van der Waals surface area contributed by atoms with Crippen LogP contribution >= 0.6 is 11.6 Å². The van der Waals surface area contributed by atoms with Crippen molar-refractivity contribution in [2.24, 2.45) is 0 Å². The first kappa shape index (κ1) is 18.4. The summed E-state index contributed by atoms with van der Waals surface area (Å²) >= 11 is 5.76. The topological polar surface area (TPSA) is 76.7 Å². The number of carbonyl (C=O) groups excluding carboxylic acids is 2. The summed E-state index contributed by atoms with van der Waals surface area (Å²) in [6, 6.07) is 11.5. The van der Waals surface area contributed by atoms with Gasteiger partial charge in [0.05, 0.1) is 14.2 Å². The van der Waals surface area contributed by atoms with E-state index in [2.05, 4.69) is 10.9 Å². The van der Waals surface area contributed by atoms with Crippen molar-refractivity contribution in [3.8, 4) is 11.5 Å². The summed E-state index contributed by atoms with van der Waals surface area (Å²) in [5.74, 6) is 0.238. The van der Waals surface area contributed by atoms with Crippen LogP contribution in [0.25, 0.3) is 6.08 Å². The van der Waals surface area contributed by atoms with Crippen LogP contribution < -0.4 is 20.3 Å². The van der Waals surface area contributed by atoms with Gasteiger partial charge in [-0.1, -0.05) is 17.7 Å². The van der Waals surface area contributed by atoms with Crippen LogP contribution in [0.5, 0.6) is 11.5 Å². The van der Waals surface area contributed by atoms with Gasteiger partial charge in [-0.3, -0.25) is 20.4 Å². The highest BCUT2D eigenvalue weighted by molar-refractivity contribution is 6.30. The van der Waals surface area contributed by atoms with Crippen molar-refractivity contribution in [3.63, 3.8) is 0 Å². The van der Waals surface area contributed by atoms with Gasteiger partial charge in [0, 0.05) is 16.7 Å². The van der Waals surface area contributed by atoms with Crippen LogP contribution in [0.1, 0.15) is 15.9 Å². The molecule has 2 aromatic carbocycles. The van der Waals surface area contributed by atoms with Gasteiger partial charge in [0.25, 0.3) is 11.8 Å². The van der Waals surface area contributed by atoms with E-state index in [1.807, 2.05) is 0 Å². The van der Waals surface area contributed by atoms with E-state index in [1.54, 1.807) is 55.7 Å². The minimum atomic E-state index is -0.475. The molecular weight excluding hydrogens is 344 g/mol. The smallest absolute Gasteiger partial charge is 0.269 e. The molecule has 0 spiro atoms. The summed E-state index contributed by atoms with van der Waals surface area (Å²) in [4.78, 5) is 23.7. The van der Waals surface area contributed by atoms with Gasteiger partial charge in [-0.15, -0.1) is 0 Å². The van der Waals surface area contributed by atoms with E-state index in [1.165, 1.54) is 13.2 Å². The Morgan fingerprint density at radius 1 is 0.960 bits per heavy atom. The maximum absolute atomic E-state index is 11.9. The minimum absolute atomic E-state index is 0.383. The number of carbonyl (C=O) groups is 2. The van der Waals surface area contributed by atoms with Crippen LogP contribution in [0.4, 0.5) is 0 Å². The van der Waals surface area contributed by atoms with Gasteiger partial charge >= 0.3 is 0 Å². The quantitative estimate of drug-likeness (QED) is 0.635. The predicted octanol–water partition coefficient (Wildman–Crippen LogP) is 2.83. The molecule has 0 aromatic heterocycles. The average molecular weight is 361 g/mol. The molecule has 0 radical (unpaired) electrons. The molecule has 0 aliphatic heterocycles. The average Bonchev–Trinajstić information content (AvgIpc) is 2.64. The van der Waals surface area contributed by atoms with Gasteiger partial charge in [0.1, 0.15) is 0 Å². The fourth-order valence-corrected chi connectivity index (χ4v) is 2.09. The monoisotopic (exact) mass is 360 g/mol. The molecule has 0 unspecified atom stereocenters. The number of hydrogen-bond acceptors (Lipinski definition) is 4. The molecule has 2 amide bonds. The molecule has 0 aliphatic rings. The van der Waals surface area contributed by atoms with Crippen LogP contribution in [-0.4, -0.2) is 26.0 Å². The molecule has 2 rings (SSSR count). The summed E-state index contributed by atoms with van der Waals surface area (Å²) in [5.41, 5.74) is 5.75. The molecule has 0 saturated carbocycles. The number of hydrogen-bond donors (Lipinski definition) is 2. The molecule has 0 bridgehead atoms. The van der Waals surface area contributed by atoms with Crippen molar-refractivity contribution in [1.82, 2.24) is 10.9 Å². The van der Waals surface area contributed by atoms with Crippen molar-refractivity contribution >= 4 is 29.5 Å². The Labute approximate surface area is 150 Å². The van der Waals surface area contributed by atoms with Gasteiger partial charge < -0.3 is 9.47 Å². The molecule has 7 heteroatoms. The van der Waals surface area contributed by atoms with E-state index >= 15 is 0 Å². The number of rotatable bonds is 5. The van der Waals surface area contributed by atoms with Crippen LogP contribution in [0, 0.1) is 0 Å². The van der Waals surface area contributed by atoms with Gasteiger partial charge in [-0.05, 0) is 48.0 Å². The number of benzene rings is 2. The van der Waals surface area contributed by atoms with E-state index in [4.69, 9.17) is 21.1 Å². The van der Waals surface area contributed by atoms with Crippen LogP contribution in [0.15, 0.2) is 48.5 Å². The third-order valence-corrected chi connectivity index (χ3v) is 3.49. The predicted molar refractivity (Wildman–Crippen MR) is 95.6 cm³/mol. The number of amides is 2. The number of methoxy groups -OCH3 is 2. The second kappa shape index (κ2) is 8.75. The lowest BCUT2D eigenvalue weighted by molar-refractivity contribution is -0.117. The van der Waals surface area contributed by atoms with Crippen LogP contribution in [0.2, 0.25) is 5.02 Å². The third kappa shape index (κ3) is 5.26. The summed E-state index contributed by atoms with van der Waals surface area (Å²) in [5, 5.41) is 0.526. The minimum Gasteiger partial charge on any atom is -0.493 e. The van der Waals surface area contributed by atoms with E-state index < -0.39 is 11.8 Å². The highest BCUT2D eigenvalue weighted by Gasteiger charge is 2.06. The van der Waals surface area contributed by atoms with Crippen LogP contribution in [0.3, 0.4) is 0 Å². The van der Waals surface area contributed by atoms with Crippen LogP contribution in [-0.2, 0) is 4.79 Å². The second-order valence-electron chi connectivity index (χ2n) is 4.90. The second-order valence-corrected chi connectivity index (χ2v) is 5.33. The lowest BCUT2D eigenvalue weighted by atomic mass is 10.2. The molecule has 6 nitrogen and oxygen atoms in total. The van der Waals surface area contributed by atoms with Crippen molar-refractivity contribution in [2.75, 3.05) is 14.2 Å². The Hall–Kier alpha value is -2.99. The molecule has 25 heavy (non-hydrogen) atoms.